The Kier molecular flexibility index (Phi) is 3.96. The second-order valence-corrected chi connectivity index (χ2v) is 4.48. The van der Waals surface area contributed by atoms with Crippen molar-refractivity contribution in [1.82, 2.24) is 4.90 Å². The van der Waals surface area contributed by atoms with Gasteiger partial charge in [-0.25, -0.2) is 0 Å². The van der Waals surface area contributed by atoms with Crippen LogP contribution in [0.3, 0.4) is 0 Å². The van der Waals surface area contributed by atoms with Crippen molar-refractivity contribution in [3.63, 3.8) is 0 Å². The first kappa shape index (κ1) is 11.2. The Hall–Kier alpha value is -1.33. The van der Waals surface area contributed by atoms with Crippen LogP contribution in [0.25, 0.3) is 0 Å². The first-order chi connectivity index (χ1) is 7.88. The molecule has 0 amide bonds. The molecule has 1 heterocycles. The molecule has 0 atom stereocenters. The number of nitriles is 1. The fraction of sp³-hybridized carbons (Fsp3) is 0.500. The van der Waals surface area contributed by atoms with E-state index in [1.54, 1.807) is 0 Å². The van der Waals surface area contributed by atoms with Gasteiger partial charge in [0.1, 0.15) is 0 Å². The molecule has 0 radical (unpaired) electrons. The van der Waals surface area contributed by atoms with E-state index in [4.69, 9.17) is 5.26 Å². The first-order valence-electron chi connectivity index (χ1n) is 6.04. The molecule has 16 heavy (non-hydrogen) atoms. The average Bonchev–Trinajstić information content (AvgIpc) is 2.38. The molecule has 0 bridgehead atoms. The lowest BCUT2D eigenvalue weighted by atomic mass is 9.98. The molecule has 2 heteroatoms. The fourth-order valence-electron chi connectivity index (χ4n) is 2.22. The monoisotopic (exact) mass is 214 g/mol. The zero-order valence-corrected chi connectivity index (χ0v) is 9.60. The van der Waals surface area contributed by atoms with Gasteiger partial charge < -0.3 is 4.90 Å². The standard InChI is InChI=1S/C14H18N2/c15-12-14-7-10-16(11-8-14)9-6-13-4-2-1-3-5-13/h1-5,14H,6-11H2. The summed E-state index contributed by atoms with van der Waals surface area (Å²) in [5.74, 6) is 0.299. The summed E-state index contributed by atoms with van der Waals surface area (Å²) < 4.78 is 0. The molecule has 2 nitrogen and oxygen atoms in total. The van der Waals surface area contributed by atoms with E-state index < -0.39 is 0 Å². The number of hydrogen-bond acceptors (Lipinski definition) is 2. The molecule has 0 saturated carbocycles. The molecule has 0 N–H and O–H groups in total. The molecule has 0 aliphatic carbocycles. The van der Waals surface area contributed by atoms with Gasteiger partial charge in [0.2, 0.25) is 0 Å². The number of hydrogen-bond donors (Lipinski definition) is 0. The maximum absolute atomic E-state index is 8.82. The van der Waals surface area contributed by atoms with Crippen LogP contribution in [0.5, 0.6) is 0 Å². The number of nitrogens with zero attached hydrogens (tertiary/aromatic N) is 2. The number of piperidine rings is 1. The van der Waals surface area contributed by atoms with Crippen molar-refractivity contribution in [1.29, 1.82) is 5.26 Å². The van der Waals surface area contributed by atoms with Gasteiger partial charge >= 0.3 is 0 Å². The molecule has 1 saturated heterocycles. The van der Waals surface area contributed by atoms with Crippen LogP contribution in [0, 0.1) is 17.2 Å². The van der Waals surface area contributed by atoms with Crippen LogP contribution >= 0.6 is 0 Å². The van der Waals surface area contributed by atoms with E-state index in [0.717, 1.165) is 38.9 Å². The van der Waals surface area contributed by atoms with Crippen molar-refractivity contribution < 1.29 is 0 Å². The second-order valence-electron chi connectivity index (χ2n) is 4.48. The van der Waals surface area contributed by atoms with Crippen LogP contribution in [0.1, 0.15) is 18.4 Å². The molecule has 84 valence electrons. The zero-order valence-electron chi connectivity index (χ0n) is 9.60. The van der Waals surface area contributed by atoms with Crippen molar-refractivity contribution >= 4 is 0 Å². The van der Waals surface area contributed by atoms with Crippen LogP contribution in [0.4, 0.5) is 0 Å². The Balaban J connectivity index is 1.74. The topological polar surface area (TPSA) is 27.0 Å². The number of rotatable bonds is 3. The summed E-state index contributed by atoms with van der Waals surface area (Å²) in [6, 6.07) is 13.0. The van der Waals surface area contributed by atoms with Gasteiger partial charge in [0.15, 0.2) is 0 Å². The molecule has 0 aromatic heterocycles. The third kappa shape index (κ3) is 3.08. The van der Waals surface area contributed by atoms with Crippen LogP contribution in [0.15, 0.2) is 30.3 Å². The lowest BCUT2D eigenvalue weighted by Crippen LogP contribution is -2.34. The molecule has 0 unspecified atom stereocenters. The van der Waals surface area contributed by atoms with Crippen LogP contribution in [-0.2, 0) is 6.42 Å². The zero-order chi connectivity index (χ0) is 11.2. The van der Waals surface area contributed by atoms with Crippen molar-refractivity contribution in [2.45, 2.75) is 19.3 Å². The summed E-state index contributed by atoms with van der Waals surface area (Å²) in [4.78, 5) is 2.47. The highest BCUT2D eigenvalue weighted by Crippen LogP contribution is 2.16. The van der Waals surface area contributed by atoms with Gasteiger partial charge in [-0.15, -0.1) is 0 Å². The summed E-state index contributed by atoms with van der Waals surface area (Å²) in [6.07, 6.45) is 3.22. The Morgan fingerprint density at radius 3 is 2.50 bits per heavy atom. The van der Waals surface area contributed by atoms with E-state index in [1.807, 2.05) is 0 Å². The highest BCUT2D eigenvalue weighted by atomic mass is 15.1. The fourth-order valence-corrected chi connectivity index (χ4v) is 2.22. The van der Waals surface area contributed by atoms with Gasteiger partial charge in [0, 0.05) is 12.5 Å². The SMILES string of the molecule is N#CC1CCN(CCc2ccccc2)CC1. The van der Waals surface area contributed by atoms with Crippen molar-refractivity contribution in [2.24, 2.45) is 5.92 Å². The number of benzene rings is 1. The minimum absolute atomic E-state index is 0.299. The average molecular weight is 214 g/mol. The van der Waals surface area contributed by atoms with Gasteiger partial charge in [-0.2, -0.15) is 5.26 Å². The van der Waals surface area contributed by atoms with Gasteiger partial charge in [0.25, 0.3) is 0 Å². The summed E-state index contributed by atoms with van der Waals surface area (Å²) >= 11 is 0. The molecule has 1 aromatic carbocycles. The first-order valence-corrected chi connectivity index (χ1v) is 6.04. The second kappa shape index (κ2) is 5.67. The van der Waals surface area contributed by atoms with E-state index in [9.17, 15) is 0 Å². The Bertz CT molecular complexity index is 345. The summed E-state index contributed by atoms with van der Waals surface area (Å²) in [5.41, 5.74) is 1.41. The lowest BCUT2D eigenvalue weighted by Gasteiger charge is -2.28. The molecule has 2 rings (SSSR count). The number of likely N-dealkylation sites (tertiary alicyclic amines) is 1. The molecule has 0 spiro atoms. The minimum atomic E-state index is 0.299. The van der Waals surface area contributed by atoms with Crippen molar-refractivity contribution in [3.8, 4) is 6.07 Å². The van der Waals surface area contributed by atoms with E-state index in [-0.39, 0.29) is 0 Å². The van der Waals surface area contributed by atoms with E-state index in [0.29, 0.717) is 5.92 Å². The van der Waals surface area contributed by atoms with Gasteiger partial charge in [-0.3, -0.25) is 0 Å². The summed E-state index contributed by atoms with van der Waals surface area (Å²) in [5, 5.41) is 8.82. The van der Waals surface area contributed by atoms with Crippen LogP contribution in [0.2, 0.25) is 0 Å². The van der Waals surface area contributed by atoms with Crippen molar-refractivity contribution in [3.05, 3.63) is 35.9 Å². The molecule has 1 aliphatic rings. The highest BCUT2D eigenvalue weighted by Gasteiger charge is 2.17. The van der Waals surface area contributed by atoms with Crippen LogP contribution in [-0.4, -0.2) is 24.5 Å². The van der Waals surface area contributed by atoms with Crippen LogP contribution < -0.4 is 0 Å². The third-order valence-corrected chi connectivity index (χ3v) is 3.33. The summed E-state index contributed by atoms with van der Waals surface area (Å²) in [6.45, 7) is 3.30. The van der Waals surface area contributed by atoms with Gasteiger partial charge in [-0.1, -0.05) is 30.3 Å². The Morgan fingerprint density at radius 2 is 1.88 bits per heavy atom. The molecular formula is C14H18N2. The highest BCUT2D eigenvalue weighted by molar-refractivity contribution is 5.14. The maximum atomic E-state index is 8.82. The maximum Gasteiger partial charge on any atom is 0.0656 e. The summed E-state index contributed by atoms with van der Waals surface area (Å²) in [7, 11) is 0. The van der Waals surface area contributed by atoms with E-state index in [2.05, 4.69) is 41.3 Å². The molecule has 1 fully saturated rings. The van der Waals surface area contributed by atoms with Gasteiger partial charge in [-0.05, 0) is 37.9 Å². The minimum Gasteiger partial charge on any atom is -0.303 e. The normalized spacial score (nSPS) is 18.2. The van der Waals surface area contributed by atoms with Gasteiger partial charge in [0.05, 0.1) is 6.07 Å². The largest absolute Gasteiger partial charge is 0.303 e. The smallest absolute Gasteiger partial charge is 0.0656 e. The quantitative estimate of drug-likeness (QED) is 0.773. The van der Waals surface area contributed by atoms with E-state index >= 15 is 0 Å². The molecule has 1 aromatic rings. The van der Waals surface area contributed by atoms with E-state index in [1.165, 1.54) is 5.56 Å². The molecular weight excluding hydrogens is 196 g/mol. The predicted octanol–water partition coefficient (Wildman–Crippen LogP) is 2.46. The molecule has 1 aliphatic heterocycles. The Morgan fingerprint density at radius 1 is 1.19 bits per heavy atom. The predicted molar refractivity (Wildman–Crippen MR) is 64.9 cm³/mol. The lowest BCUT2D eigenvalue weighted by molar-refractivity contribution is 0.208. The third-order valence-electron chi connectivity index (χ3n) is 3.33. The van der Waals surface area contributed by atoms with Crippen molar-refractivity contribution in [2.75, 3.05) is 19.6 Å². The Labute approximate surface area is 97.5 Å².